The number of hydrogen-bond acceptors (Lipinski definition) is 2. The van der Waals surface area contributed by atoms with Gasteiger partial charge in [-0.1, -0.05) is 52.5 Å². The van der Waals surface area contributed by atoms with Crippen LogP contribution in [0.4, 0.5) is 0 Å². The lowest BCUT2D eigenvalue weighted by Crippen LogP contribution is -2.19. The lowest BCUT2D eigenvalue weighted by atomic mass is 10.0. The first-order chi connectivity index (χ1) is 9.99. The topological polar surface area (TPSA) is 12.0 Å². The fourth-order valence-corrected chi connectivity index (χ4v) is 3.96. The molecule has 0 aromatic heterocycles. The summed E-state index contributed by atoms with van der Waals surface area (Å²) < 4.78 is 0. The van der Waals surface area contributed by atoms with Gasteiger partial charge in [0.2, 0.25) is 0 Å². The Bertz CT molecular complexity index is 608. The van der Waals surface area contributed by atoms with E-state index in [-0.39, 0.29) is 6.04 Å². The van der Waals surface area contributed by atoms with Gasteiger partial charge in [-0.05, 0) is 44.7 Å². The number of thioether (sulfide) groups is 1. The van der Waals surface area contributed by atoms with Crippen LogP contribution in [-0.4, -0.2) is 12.8 Å². The smallest absolute Gasteiger partial charge is 0.0542 e. The van der Waals surface area contributed by atoms with Crippen molar-refractivity contribution in [2.75, 3.05) is 12.8 Å². The molecule has 0 heterocycles. The SMILES string of the molecule is CNC(CSc1cc(Cl)ccc1Cl)c1cc(C)cc(C)c1. The van der Waals surface area contributed by atoms with Crippen molar-refractivity contribution < 1.29 is 0 Å². The molecule has 112 valence electrons. The second kappa shape index (κ2) is 7.55. The summed E-state index contributed by atoms with van der Waals surface area (Å²) in [5.74, 6) is 0.902. The summed E-state index contributed by atoms with van der Waals surface area (Å²) in [6.07, 6.45) is 0. The highest BCUT2D eigenvalue weighted by Gasteiger charge is 2.12. The lowest BCUT2D eigenvalue weighted by molar-refractivity contribution is 0.661. The van der Waals surface area contributed by atoms with Gasteiger partial charge < -0.3 is 5.32 Å². The van der Waals surface area contributed by atoms with Crippen LogP contribution >= 0.6 is 35.0 Å². The molecule has 0 aliphatic rings. The normalized spacial score (nSPS) is 12.4. The van der Waals surface area contributed by atoms with Crippen molar-refractivity contribution in [3.63, 3.8) is 0 Å². The standard InChI is InChI=1S/C17H19Cl2NS/c1-11-6-12(2)8-13(7-11)16(20-3)10-21-17-9-14(18)4-5-15(17)19/h4-9,16,20H,10H2,1-3H3. The molecule has 21 heavy (non-hydrogen) atoms. The van der Waals surface area contributed by atoms with Crippen molar-refractivity contribution in [2.45, 2.75) is 24.8 Å². The summed E-state index contributed by atoms with van der Waals surface area (Å²) in [4.78, 5) is 1.02. The van der Waals surface area contributed by atoms with Gasteiger partial charge in [-0.3, -0.25) is 0 Å². The van der Waals surface area contributed by atoms with Crippen molar-refractivity contribution >= 4 is 35.0 Å². The molecule has 1 N–H and O–H groups in total. The van der Waals surface area contributed by atoms with Gasteiger partial charge in [0, 0.05) is 21.7 Å². The molecular weight excluding hydrogens is 321 g/mol. The summed E-state index contributed by atoms with van der Waals surface area (Å²) in [5.41, 5.74) is 3.88. The van der Waals surface area contributed by atoms with Gasteiger partial charge in [-0.2, -0.15) is 0 Å². The van der Waals surface area contributed by atoms with E-state index in [9.17, 15) is 0 Å². The Labute approximate surface area is 141 Å². The molecule has 0 fully saturated rings. The molecule has 1 unspecified atom stereocenters. The third-order valence-electron chi connectivity index (χ3n) is 3.29. The first-order valence-corrected chi connectivity index (χ1v) is 8.57. The molecule has 0 saturated heterocycles. The zero-order valence-electron chi connectivity index (χ0n) is 12.4. The minimum atomic E-state index is 0.281. The molecule has 0 aliphatic heterocycles. The van der Waals surface area contributed by atoms with E-state index in [1.807, 2.05) is 25.2 Å². The van der Waals surface area contributed by atoms with Crippen LogP contribution in [0.3, 0.4) is 0 Å². The molecule has 2 rings (SSSR count). The molecule has 2 aromatic carbocycles. The molecule has 1 atom stereocenters. The second-order valence-corrected chi connectivity index (χ2v) is 7.05. The van der Waals surface area contributed by atoms with Crippen molar-refractivity contribution in [1.29, 1.82) is 0 Å². The van der Waals surface area contributed by atoms with E-state index < -0.39 is 0 Å². The third-order valence-corrected chi connectivity index (χ3v) is 5.12. The summed E-state index contributed by atoms with van der Waals surface area (Å²) in [7, 11) is 1.99. The van der Waals surface area contributed by atoms with Crippen LogP contribution in [-0.2, 0) is 0 Å². The van der Waals surface area contributed by atoms with Crippen LogP contribution in [0.15, 0.2) is 41.3 Å². The average molecular weight is 340 g/mol. The largest absolute Gasteiger partial charge is 0.312 e. The fraction of sp³-hybridized carbons (Fsp3) is 0.294. The molecule has 0 saturated carbocycles. The van der Waals surface area contributed by atoms with Crippen LogP contribution in [0.25, 0.3) is 0 Å². The van der Waals surface area contributed by atoms with E-state index in [0.717, 1.165) is 15.7 Å². The van der Waals surface area contributed by atoms with E-state index in [1.165, 1.54) is 16.7 Å². The maximum Gasteiger partial charge on any atom is 0.0542 e. The van der Waals surface area contributed by atoms with Crippen LogP contribution in [0.2, 0.25) is 10.0 Å². The summed E-state index contributed by atoms with van der Waals surface area (Å²) >= 11 is 14.0. The van der Waals surface area contributed by atoms with E-state index in [1.54, 1.807) is 11.8 Å². The molecule has 0 aliphatic carbocycles. The van der Waals surface area contributed by atoms with Gasteiger partial charge in [0.15, 0.2) is 0 Å². The van der Waals surface area contributed by atoms with Gasteiger partial charge in [-0.25, -0.2) is 0 Å². The van der Waals surface area contributed by atoms with E-state index in [4.69, 9.17) is 23.2 Å². The summed E-state index contributed by atoms with van der Waals surface area (Å²) in [6.45, 7) is 4.26. The lowest BCUT2D eigenvalue weighted by Gasteiger charge is -2.18. The van der Waals surface area contributed by atoms with Crippen LogP contribution in [0.5, 0.6) is 0 Å². The molecule has 4 heteroatoms. The van der Waals surface area contributed by atoms with Crippen molar-refractivity contribution in [3.05, 3.63) is 63.1 Å². The minimum absolute atomic E-state index is 0.281. The average Bonchev–Trinajstić information content (AvgIpc) is 2.42. The summed E-state index contributed by atoms with van der Waals surface area (Å²) in [6, 6.07) is 12.5. The van der Waals surface area contributed by atoms with Crippen molar-refractivity contribution in [2.24, 2.45) is 0 Å². The van der Waals surface area contributed by atoms with Crippen molar-refractivity contribution in [3.8, 4) is 0 Å². The highest BCUT2D eigenvalue weighted by Crippen LogP contribution is 2.32. The van der Waals surface area contributed by atoms with Crippen molar-refractivity contribution in [1.82, 2.24) is 5.32 Å². The van der Waals surface area contributed by atoms with E-state index in [0.29, 0.717) is 5.02 Å². The Morgan fingerprint density at radius 1 is 1.05 bits per heavy atom. The Morgan fingerprint density at radius 3 is 2.33 bits per heavy atom. The Kier molecular flexibility index (Phi) is 6.00. The molecule has 0 amide bonds. The fourth-order valence-electron chi connectivity index (χ4n) is 2.32. The highest BCUT2D eigenvalue weighted by molar-refractivity contribution is 7.99. The molecule has 1 nitrogen and oxygen atoms in total. The van der Waals surface area contributed by atoms with Gasteiger partial charge in [-0.15, -0.1) is 11.8 Å². The van der Waals surface area contributed by atoms with Gasteiger partial charge >= 0.3 is 0 Å². The molecule has 0 spiro atoms. The number of nitrogens with one attached hydrogen (secondary N) is 1. The van der Waals surface area contributed by atoms with Gasteiger partial charge in [0.05, 0.1) is 5.02 Å². The summed E-state index contributed by atoms with van der Waals surface area (Å²) in [5, 5.41) is 4.85. The van der Waals surface area contributed by atoms with Gasteiger partial charge in [0.1, 0.15) is 0 Å². The number of rotatable bonds is 5. The quantitative estimate of drug-likeness (QED) is 0.705. The number of benzene rings is 2. The molecule has 0 radical (unpaired) electrons. The first kappa shape index (κ1) is 16.7. The number of aryl methyl sites for hydroxylation is 2. The van der Waals surface area contributed by atoms with E-state index in [2.05, 4.69) is 37.4 Å². The van der Waals surface area contributed by atoms with Crippen LogP contribution in [0.1, 0.15) is 22.7 Å². The zero-order valence-corrected chi connectivity index (χ0v) is 14.7. The molecule has 0 bridgehead atoms. The third kappa shape index (κ3) is 4.65. The van der Waals surface area contributed by atoms with Crippen LogP contribution in [0, 0.1) is 13.8 Å². The molecular formula is C17H19Cl2NS. The molecule has 2 aromatic rings. The predicted octanol–water partition coefficient (Wildman–Crippen LogP) is 5.66. The predicted molar refractivity (Wildman–Crippen MR) is 94.9 cm³/mol. The monoisotopic (exact) mass is 339 g/mol. The van der Waals surface area contributed by atoms with E-state index >= 15 is 0 Å². The van der Waals surface area contributed by atoms with Gasteiger partial charge in [0.25, 0.3) is 0 Å². The van der Waals surface area contributed by atoms with Crippen LogP contribution < -0.4 is 5.32 Å². The number of hydrogen-bond donors (Lipinski definition) is 1. The Hall–Kier alpha value is -0.670. The minimum Gasteiger partial charge on any atom is -0.312 e. The maximum absolute atomic E-state index is 6.22. The Morgan fingerprint density at radius 2 is 1.71 bits per heavy atom. The number of halogens is 2. The first-order valence-electron chi connectivity index (χ1n) is 6.83. The zero-order chi connectivity index (χ0) is 15.4. The maximum atomic E-state index is 6.22. The highest BCUT2D eigenvalue weighted by atomic mass is 35.5. The Balaban J connectivity index is 2.14. The second-order valence-electron chi connectivity index (χ2n) is 5.15.